The first-order valence-corrected chi connectivity index (χ1v) is 6.72. The van der Waals surface area contributed by atoms with Gasteiger partial charge in [-0.05, 0) is 37.8 Å². The average Bonchev–Trinajstić information content (AvgIpc) is 2.66. The Bertz CT molecular complexity index is 271. The lowest BCUT2D eigenvalue weighted by Gasteiger charge is -2.23. The van der Waals surface area contributed by atoms with Crippen LogP contribution in [0.25, 0.3) is 0 Å². The molecule has 1 fully saturated rings. The van der Waals surface area contributed by atoms with Crippen LogP contribution in [0.5, 0.6) is 0 Å². The van der Waals surface area contributed by atoms with E-state index in [1.807, 2.05) is 6.20 Å². The van der Waals surface area contributed by atoms with Crippen molar-refractivity contribution in [2.24, 2.45) is 5.92 Å². The van der Waals surface area contributed by atoms with Crippen LogP contribution in [0.2, 0.25) is 0 Å². The zero-order chi connectivity index (χ0) is 11.2. The summed E-state index contributed by atoms with van der Waals surface area (Å²) < 4.78 is 0. The zero-order valence-corrected chi connectivity index (χ0v) is 10.3. The first kappa shape index (κ1) is 11.7. The Morgan fingerprint density at radius 1 is 1.31 bits per heavy atom. The van der Waals surface area contributed by atoms with Crippen LogP contribution in [-0.2, 0) is 6.54 Å². The standard InChI is InChI=1S/C14H24N2/c1-12(13-7-4-2-3-5-8-13)16-11-14-9-6-10-15-14/h6,9-10,12-13,15-16H,2-5,7-8,11H2,1H3/t12-/m0/s1. The van der Waals surface area contributed by atoms with Crippen LogP contribution in [0, 0.1) is 5.92 Å². The largest absolute Gasteiger partial charge is 0.364 e. The van der Waals surface area contributed by atoms with Crippen LogP contribution >= 0.6 is 0 Å². The Morgan fingerprint density at radius 2 is 2.06 bits per heavy atom. The second-order valence-electron chi connectivity index (χ2n) is 5.12. The molecule has 90 valence electrons. The molecule has 0 radical (unpaired) electrons. The van der Waals surface area contributed by atoms with Gasteiger partial charge in [-0.2, -0.15) is 0 Å². The summed E-state index contributed by atoms with van der Waals surface area (Å²) in [6.07, 6.45) is 10.6. The van der Waals surface area contributed by atoms with Crippen molar-refractivity contribution in [1.82, 2.24) is 10.3 Å². The first-order chi connectivity index (χ1) is 7.86. The number of aromatic amines is 1. The number of aromatic nitrogens is 1. The molecule has 2 N–H and O–H groups in total. The summed E-state index contributed by atoms with van der Waals surface area (Å²) in [5, 5.41) is 3.65. The van der Waals surface area contributed by atoms with E-state index in [0.717, 1.165) is 12.5 Å². The summed E-state index contributed by atoms with van der Waals surface area (Å²) in [6, 6.07) is 4.86. The van der Waals surface area contributed by atoms with E-state index in [1.165, 1.54) is 44.2 Å². The lowest BCUT2D eigenvalue weighted by atomic mass is 9.93. The van der Waals surface area contributed by atoms with Gasteiger partial charge in [0, 0.05) is 24.5 Å². The minimum atomic E-state index is 0.654. The predicted octanol–water partition coefficient (Wildman–Crippen LogP) is 3.46. The van der Waals surface area contributed by atoms with Crippen molar-refractivity contribution in [1.29, 1.82) is 0 Å². The maximum absolute atomic E-state index is 3.65. The smallest absolute Gasteiger partial charge is 0.0359 e. The number of nitrogens with one attached hydrogen (secondary N) is 2. The minimum absolute atomic E-state index is 0.654. The maximum atomic E-state index is 3.65. The summed E-state index contributed by atoms with van der Waals surface area (Å²) >= 11 is 0. The summed E-state index contributed by atoms with van der Waals surface area (Å²) in [6.45, 7) is 3.32. The maximum Gasteiger partial charge on any atom is 0.0359 e. The van der Waals surface area contributed by atoms with E-state index in [1.54, 1.807) is 0 Å². The molecule has 0 saturated heterocycles. The highest BCUT2D eigenvalue weighted by atomic mass is 14.9. The van der Waals surface area contributed by atoms with Crippen molar-refractivity contribution < 1.29 is 0 Å². The van der Waals surface area contributed by atoms with E-state index in [4.69, 9.17) is 0 Å². The van der Waals surface area contributed by atoms with Crippen molar-refractivity contribution in [2.75, 3.05) is 0 Å². The molecule has 1 aliphatic rings. The third kappa shape index (κ3) is 3.38. The van der Waals surface area contributed by atoms with Crippen molar-refractivity contribution in [3.05, 3.63) is 24.0 Å². The van der Waals surface area contributed by atoms with Gasteiger partial charge in [-0.3, -0.25) is 0 Å². The molecule has 2 nitrogen and oxygen atoms in total. The molecule has 0 spiro atoms. The molecule has 1 aromatic rings. The van der Waals surface area contributed by atoms with Gasteiger partial charge in [-0.1, -0.05) is 25.7 Å². The van der Waals surface area contributed by atoms with Crippen LogP contribution in [0.3, 0.4) is 0 Å². The number of H-pyrrole nitrogens is 1. The Hall–Kier alpha value is -0.760. The molecule has 1 heterocycles. The summed E-state index contributed by atoms with van der Waals surface area (Å²) in [7, 11) is 0. The van der Waals surface area contributed by atoms with E-state index in [9.17, 15) is 0 Å². The second kappa shape index (κ2) is 6.09. The van der Waals surface area contributed by atoms with Gasteiger partial charge < -0.3 is 10.3 Å². The number of hydrogen-bond acceptors (Lipinski definition) is 1. The van der Waals surface area contributed by atoms with Crippen LogP contribution in [0.1, 0.15) is 51.1 Å². The van der Waals surface area contributed by atoms with Gasteiger partial charge in [0.25, 0.3) is 0 Å². The predicted molar refractivity (Wildman–Crippen MR) is 68.3 cm³/mol. The molecule has 2 rings (SSSR count). The van der Waals surface area contributed by atoms with Crippen molar-refractivity contribution in [3.63, 3.8) is 0 Å². The topological polar surface area (TPSA) is 27.8 Å². The summed E-state index contributed by atoms with van der Waals surface area (Å²) in [4.78, 5) is 3.25. The average molecular weight is 220 g/mol. The van der Waals surface area contributed by atoms with E-state index in [2.05, 4.69) is 29.4 Å². The minimum Gasteiger partial charge on any atom is -0.364 e. The normalized spacial score (nSPS) is 20.6. The highest BCUT2D eigenvalue weighted by Crippen LogP contribution is 2.25. The summed E-state index contributed by atoms with van der Waals surface area (Å²) in [5.74, 6) is 0.887. The molecule has 0 unspecified atom stereocenters. The van der Waals surface area contributed by atoms with Gasteiger partial charge in [-0.25, -0.2) is 0 Å². The molecule has 0 amide bonds. The van der Waals surface area contributed by atoms with Crippen molar-refractivity contribution in [2.45, 2.75) is 58.0 Å². The molecule has 1 aliphatic carbocycles. The van der Waals surface area contributed by atoms with Crippen LogP contribution in [0.15, 0.2) is 18.3 Å². The molecule has 0 aliphatic heterocycles. The molecular formula is C14H24N2. The van der Waals surface area contributed by atoms with Crippen LogP contribution in [-0.4, -0.2) is 11.0 Å². The SMILES string of the molecule is C[C@H](NCc1ccc[nH]1)C1CCCCCC1. The first-order valence-electron chi connectivity index (χ1n) is 6.72. The summed E-state index contributed by atoms with van der Waals surface area (Å²) in [5.41, 5.74) is 1.29. The fourth-order valence-electron chi connectivity index (χ4n) is 2.73. The molecule has 2 heteroatoms. The number of rotatable bonds is 4. The molecule has 0 bridgehead atoms. The van der Waals surface area contributed by atoms with Gasteiger partial charge in [0.05, 0.1) is 0 Å². The number of hydrogen-bond donors (Lipinski definition) is 2. The molecule has 1 aromatic heterocycles. The van der Waals surface area contributed by atoms with Crippen LogP contribution in [0.4, 0.5) is 0 Å². The Morgan fingerprint density at radius 3 is 2.69 bits per heavy atom. The highest BCUT2D eigenvalue weighted by Gasteiger charge is 2.18. The van der Waals surface area contributed by atoms with Gasteiger partial charge in [0.2, 0.25) is 0 Å². The van der Waals surface area contributed by atoms with Gasteiger partial charge in [0.15, 0.2) is 0 Å². The van der Waals surface area contributed by atoms with Gasteiger partial charge in [0.1, 0.15) is 0 Å². The third-order valence-corrected chi connectivity index (χ3v) is 3.88. The molecule has 16 heavy (non-hydrogen) atoms. The fourth-order valence-corrected chi connectivity index (χ4v) is 2.73. The van der Waals surface area contributed by atoms with Crippen molar-refractivity contribution >= 4 is 0 Å². The van der Waals surface area contributed by atoms with E-state index < -0.39 is 0 Å². The van der Waals surface area contributed by atoms with Gasteiger partial charge in [-0.15, -0.1) is 0 Å². The zero-order valence-electron chi connectivity index (χ0n) is 10.3. The fraction of sp³-hybridized carbons (Fsp3) is 0.714. The molecule has 0 aromatic carbocycles. The molecule has 1 saturated carbocycles. The van der Waals surface area contributed by atoms with E-state index in [-0.39, 0.29) is 0 Å². The van der Waals surface area contributed by atoms with Crippen LogP contribution < -0.4 is 5.32 Å². The van der Waals surface area contributed by atoms with E-state index in [0.29, 0.717) is 6.04 Å². The molecular weight excluding hydrogens is 196 g/mol. The lowest BCUT2D eigenvalue weighted by molar-refractivity contribution is 0.336. The quantitative estimate of drug-likeness (QED) is 0.747. The van der Waals surface area contributed by atoms with Gasteiger partial charge >= 0.3 is 0 Å². The second-order valence-corrected chi connectivity index (χ2v) is 5.12. The Kier molecular flexibility index (Phi) is 4.46. The highest BCUT2D eigenvalue weighted by molar-refractivity contribution is 5.03. The van der Waals surface area contributed by atoms with E-state index >= 15 is 0 Å². The Labute approximate surface area is 98.8 Å². The third-order valence-electron chi connectivity index (χ3n) is 3.88. The monoisotopic (exact) mass is 220 g/mol. The van der Waals surface area contributed by atoms with Crippen molar-refractivity contribution in [3.8, 4) is 0 Å². The Balaban J connectivity index is 1.75. The lowest BCUT2D eigenvalue weighted by Crippen LogP contribution is -2.33. The molecule has 1 atom stereocenters.